The van der Waals surface area contributed by atoms with Crippen molar-refractivity contribution in [3.8, 4) is 17.1 Å². The maximum absolute atomic E-state index is 5.73. The molecule has 0 unspecified atom stereocenters. The number of nitrogens with zero attached hydrogens (tertiary/aromatic N) is 2. The number of aromatic nitrogens is 2. The second-order valence-corrected chi connectivity index (χ2v) is 5.60. The van der Waals surface area contributed by atoms with Gasteiger partial charge >= 0.3 is 0 Å². The van der Waals surface area contributed by atoms with Crippen LogP contribution in [0.25, 0.3) is 22.4 Å². The zero-order valence-electron chi connectivity index (χ0n) is 13.3. The summed E-state index contributed by atoms with van der Waals surface area (Å²) in [4.78, 5) is 10.2. The first kappa shape index (κ1) is 14.6. The molecule has 0 amide bonds. The zero-order chi connectivity index (χ0) is 15.5. The summed E-state index contributed by atoms with van der Waals surface area (Å²) in [5, 5.41) is 0. The van der Waals surface area contributed by atoms with Crippen LogP contribution in [0.2, 0.25) is 0 Å². The molecule has 2 aromatic carbocycles. The monoisotopic (exact) mass is 295 g/mol. The summed E-state index contributed by atoms with van der Waals surface area (Å²) in [7, 11) is 4.12. The molecule has 0 fully saturated rings. The number of hydrogen-bond acceptors (Lipinski definition) is 3. The lowest BCUT2D eigenvalue weighted by molar-refractivity contribution is 0.325. The first-order valence-corrected chi connectivity index (χ1v) is 7.53. The number of fused-ring (bicyclic) bond motifs is 1. The standard InChI is InChI=1S/C18H21N3O/c1-4-22-17-10-9-13(11-14(17)12-21(2)3)18-19-15-7-5-6-8-16(15)20-18/h5-11H,4,12H2,1-3H3,(H,19,20). The second kappa shape index (κ2) is 6.20. The molecule has 1 aromatic heterocycles. The van der Waals surface area contributed by atoms with Crippen molar-refractivity contribution in [1.82, 2.24) is 14.9 Å². The molecule has 114 valence electrons. The maximum Gasteiger partial charge on any atom is 0.138 e. The largest absolute Gasteiger partial charge is 0.494 e. The third-order valence-corrected chi connectivity index (χ3v) is 3.51. The van der Waals surface area contributed by atoms with Crippen LogP contribution in [0.4, 0.5) is 0 Å². The van der Waals surface area contributed by atoms with Crippen LogP contribution in [-0.4, -0.2) is 35.6 Å². The third-order valence-electron chi connectivity index (χ3n) is 3.51. The summed E-state index contributed by atoms with van der Waals surface area (Å²) in [6.45, 7) is 3.51. The van der Waals surface area contributed by atoms with E-state index in [1.165, 1.54) is 5.56 Å². The Kier molecular flexibility index (Phi) is 4.11. The van der Waals surface area contributed by atoms with Gasteiger partial charge in [0.1, 0.15) is 11.6 Å². The molecule has 0 aliphatic heterocycles. The molecule has 0 atom stereocenters. The van der Waals surface area contributed by atoms with Crippen molar-refractivity contribution in [2.75, 3.05) is 20.7 Å². The van der Waals surface area contributed by atoms with Gasteiger partial charge < -0.3 is 14.6 Å². The first-order valence-electron chi connectivity index (χ1n) is 7.53. The highest BCUT2D eigenvalue weighted by Crippen LogP contribution is 2.27. The molecule has 4 heteroatoms. The van der Waals surface area contributed by atoms with Gasteiger partial charge in [0, 0.05) is 17.7 Å². The summed E-state index contributed by atoms with van der Waals surface area (Å²) >= 11 is 0. The average Bonchev–Trinajstić information content (AvgIpc) is 2.92. The van der Waals surface area contributed by atoms with Crippen LogP contribution in [0.3, 0.4) is 0 Å². The lowest BCUT2D eigenvalue weighted by Gasteiger charge is -2.15. The zero-order valence-corrected chi connectivity index (χ0v) is 13.3. The summed E-state index contributed by atoms with van der Waals surface area (Å²) in [5.74, 6) is 1.83. The van der Waals surface area contributed by atoms with Crippen LogP contribution in [0.1, 0.15) is 12.5 Å². The van der Waals surface area contributed by atoms with Crippen molar-refractivity contribution >= 4 is 11.0 Å². The van der Waals surface area contributed by atoms with E-state index in [1.54, 1.807) is 0 Å². The Morgan fingerprint density at radius 2 is 1.95 bits per heavy atom. The van der Waals surface area contributed by atoms with Crippen molar-refractivity contribution in [2.24, 2.45) is 0 Å². The fourth-order valence-electron chi connectivity index (χ4n) is 2.58. The van der Waals surface area contributed by atoms with Crippen molar-refractivity contribution in [2.45, 2.75) is 13.5 Å². The van der Waals surface area contributed by atoms with Gasteiger partial charge in [0.15, 0.2) is 0 Å². The van der Waals surface area contributed by atoms with Gasteiger partial charge in [-0.1, -0.05) is 12.1 Å². The topological polar surface area (TPSA) is 41.1 Å². The van der Waals surface area contributed by atoms with E-state index in [0.717, 1.165) is 34.7 Å². The normalized spacial score (nSPS) is 11.3. The van der Waals surface area contributed by atoms with Gasteiger partial charge in [-0.25, -0.2) is 4.98 Å². The second-order valence-electron chi connectivity index (χ2n) is 5.60. The lowest BCUT2D eigenvalue weighted by atomic mass is 10.1. The molecule has 0 saturated heterocycles. The van der Waals surface area contributed by atoms with Crippen LogP contribution < -0.4 is 4.74 Å². The molecule has 1 N–H and O–H groups in total. The predicted octanol–water partition coefficient (Wildman–Crippen LogP) is 3.69. The highest BCUT2D eigenvalue weighted by molar-refractivity contribution is 5.79. The minimum absolute atomic E-state index is 0.671. The summed E-state index contributed by atoms with van der Waals surface area (Å²) in [5.41, 5.74) is 4.29. The molecular weight excluding hydrogens is 274 g/mol. The molecule has 0 saturated carbocycles. The Morgan fingerprint density at radius 1 is 1.14 bits per heavy atom. The quantitative estimate of drug-likeness (QED) is 0.780. The summed E-state index contributed by atoms with van der Waals surface area (Å²) in [6, 6.07) is 14.3. The van der Waals surface area contributed by atoms with Crippen LogP contribution in [-0.2, 0) is 6.54 Å². The molecule has 0 aliphatic carbocycles. The van der Waals surface area contributed by atoms with E-state index in [2.05, 4.69) is 41.1 Å². The van der Waals surface area contributed by atoms with E-state index in [4.69, 9.17) is 4.74 Å². The molecule has 0 bridgehead atoms. The number of para-hydroxylation sites is 2. The van der Waals surface area contributed by atoms with Gasteiger partial charge in [0.05, 0.1) is 17.6 Å². The van der Waals surface area contributed by atoms with Crippen molar-refractivity contribution in [3.63, 3.8) is 0 Å². The number of imidazole rings is 1. The smallest absolute Gasteiger partial charge is 0.138 e. The number of nitrogens with one attached hydrogen (secondary N) is 1. The average molecular weight is 295 g/mol. The van der Waals surface area contributed by atoms with Crippen LogP contribution in [0.5, 0.6) is 5.75 Å². The Morgan fingerprint density at radius 3 is 2.68 bits per heavy atom. The Bertz CT molecular complexity index is 744. The minimum Gasteiger partial charge on any atom is -0.494 e. The highest BCUT2D eigenvalue weighted by atomic mass is 16.5. The van der Waals surface area contributed by atoms with E-state index in [9.17, 15) is 0 Å². The van der Waals surface area contributed by atoms with Crippen LogP contribution in [0.15, 0.2) is 42.5 Å². The summed E-state index contributed by atoms with van der Waals surface area (Å²) < 4.78 is 5.73. The van der Waals surface area contributed by atoms with Crippen LogP contribution >= 0.6 is 0 Å². The van der Waals surface area contributed by atoms with E-state index < -0.39 is 0 Å². The van der Waals surface area contributed by atoms with Crippen molar-refractivity contribution < 1.29 is 4.74 Å². The van der Waals surface area contributed by atoms with E-state index in [-0.39, 0.29) is 0 Å². The molecule has 0 radical (unpaired) electrons. The van der Waals surface area contributed by atoms with Gasteiger partial charge in [-0.3, -0.25) is 0 Å². The number of benzene rings is 2. The van der Waals surface area contributed by atoms with Crippen molar-refractivity contribution in [3.05, 3.63) is 48.0 Å². The fraction of sp³-hybridized carbons (Fsp3) is 0.278. The first-order chi connectivity index (χ1) is 10.7. The third kappa shape index (κ3) is 2.97. The molecule has 4 nitrogen and oxygen atoms in total. The van der Waals surface area contributed by atoms with Gasteiger partial charge in [-0.15, -0.1) is 0 Å². The molecule has 22 heavy (non-hydrogen) atoms. The molecule has 0 spiro atoms. The molecule has 3 aromatic rings. The van der Waals surface area contributed by atoms with Gasteiger partial charge in [-0.2, -0.15) is 0 Å². The van der Waals surface area contributed by atoms with E-state index >= 15 is 0 Å². The molecule has 3 rings (SSSR count). The van der Waals surface area contributed by atoms with E-state index in [1.807, 2.05) is 37.3 Å². The lowest BCUT2D eigenvalue weighted by Crippen LogP contribution is -2.12. The van der Waals surface area contributed by atoms with Crippen molar-refractivity contribution in [1.29, 1.82) is 0 Å². The van der Waals surface area contributed by atoms with Gasteiger partial charge in [0.25, 0.3) is 0 Å². The maximum atomic E-state index is 5.73. The number of ether oxygens (including phenoxy) is 1. The number of H-pyrrole nitrogens is 1. The SMILES string of the molecule is CCOc1ccc(-c2nc3ccccc3[nH]2)cc1CN(C)C. The fourth-order valence-corrected chi connectivity index (χ4v) is 2.58. The molecular formula is C18H21N3O. The highest BCUT2D eigenvalue weighted by Gasteiger charge is 2.10. The predicted molar refractivity (Wildman–Crippen MR) is 90.1 cm³/mol. The Balaban J connectivity index is 2.02. The van der Waals surface area contributed by atoms with Crippen LogP contribution in [0, 0.1) is 0 Å². The number of rotatable bonds is 5. The Hall–Kier alpha value is -2.33. The minimum atomic E-state index is 0.671. The summed E-state index contributed by atoms with van der Waals surface area (Å²) in [6.07, 6.45) is 0. The Labute approximate surface area is 130 Å². The number of hydrogen-bond donors (Lipinski definition) is 1. The molecule has 0 aliphatic rings. The molecule has 1 heterocycles. The van der Waals surface area contributed by atoms with Gasteiger partial charge in [-0.05, 0) is 51.4 Å². The van der Waals surface area contributed by atoms with E-state index in [0.29, 0.717) is 6.61 Å². The van der Waals surface area contributed by atoms with Gasteiger partial charge in [0.2, 0.25) is 0 Å². The number of aromatic amines is 1.